The van der Waals surface area contributed by atoms with Crippen LogP contribution in [0.3, 0.4) is 0 Å². The zero-order valence-electron chi connectivity index (χ0n) is 17.6. The molecule has 0 N–H and O–H groups in total. The summed E-state index contributed by atoms with van der Waals surface area (Å²) in [5.74, 6) is 1.32. The third-order valence-corrected chi connectivity index (χ3v) is 6.39. The topological polar surface area (TPSA) is 71.5 Å². The van der Waals surface area contributed by atoms with Gasteiger partial charge < -0.3 is 9.64 Å². The van der Waals surface area contributed by atoms with Crippen molar-refractivity contribution in [3.63, 3.8) is 0 Å². The molecule has 32 heavy (non-hydrogen) atoms. The first-order valence-corrected chi connectivity index (χ1v) is 11.0. The van der Waals surface area contributed by atoms with Crippen molar-refractivity contribution in [1.82, 2.24) is 15.0 Å². The van der Waals surface area contributed by atoms with Crippen molar-refractivity contribution in [3.8, 4) is 5.75 Å². The first-order valence-electron chi connectivity index (χ1n) is 10.1. The quantitative estimate of drug-likeness (QED) is 0.465. The third-order valence-electron chi connectivity index (χ3n) is 5.27. The van der Waals surface area contributed by atoms with E-state index in [1.54, 1.807) is 17.0 Å². The number of carbonyl (C=O) groups is 1. The molecule has 0 unspecified atom stereocenters. The van der Waals surface area contributed by atoms with Crippen molar-refractivity contribution < 1.29 is 13.9 Å². The molecule has 1 aliphatic heterocycles. The standard InChI is InChI=1S/C23H20FN5O2S/c1-14-20(32-19(25-14)13-31-16-9-7-15(24)8-10-16)23(30)29-12-11-28(2)21-22(29)27-18-6-4-3-5-17(18)26-21/h3-10H,11-13H2,1-2H3. The number of halogens is 1. The van der Waals surface area contributed by atoms with E-state index in [0.29, 0.717) is 46.1 Å². The lowest BCUT2D eigenvalue weighted by atomic mass is 10.2. The molecule has 2 aromatic heterocycles. The molecular weight excluding hydrogens is 429 g/mol. The molecule has 0 fully saturated rings. The number of anilines is 2. The molecule has 7 nitrogen and oxygen atoms in total. The molecule has 1 amide bonds. The Hall–Kier alpha value is -3.59. The number of aromatic nitrogens is 3. The molecule has 0 radical (unpaired) electrons. The highest BCUT2D eigenvalue weighted by atomic mass is 32.1. The molecule has 5 rings (SSSR count). The lowest BCUT2D eigenvalue weighted by molar-refractivity contribution is 0.0989. The van der Waals surface area contributed by atoms with Gasteiger partial charge in [0.1, 0.15) is 28.1 Å². The molecule has 3 heterocycles. The lowest BCUT2D eigenvalue weighted by Gasteiger charge is -2.33. The van der Waals surface area contributed by atoms with Crippen LogP contribution in [0.4, 0.5) is 16.0 Å². The minimum absolute atomic E-state index is 0.146. The van der Waals surface area contributed by atoms with Crippen LogP contribution in [0.15, 0.2) is 48.5 Å². The number of fused-ring (bicyclic) bond motifs is 2. The summed E-state index contributed by atoms with van der Waals surface area (Å²) in [6.07, 6.45) is 0. The van der Waals surface area contributed by atoms with Crippen LogP contribution in [-0.4, -0.2) is 41.0 Å². The molecule has 0 aliphatic carbocycles. The normalized spacial score (nSPS) is 13.3. The van der Waals surface area contributed by atoms with Crippen LogP contribution in [0.1, 0.15) is 20.4 Å². The zero-order valence-corrected chi connectivity index (χ0v) is 18.4. The number of hydrogen-bond acceptors (Lipinski definition) is 7. The van der Waals surface area contributed by atoms with E-state index >= 15 is 0 Å². The largest absolute Gasteiger partial charge is 0.486 e. The Morgan fingerprint density at radius 2 is 1.72 bits per heavy atom. The molecule has 9 heteroatoms. The van der Waals surface area contributed by atoms with Crippen LogP contribution in [0.5, 0.6) is 5.75 Å². The average Bonchev–Trinajstić information content (AvgIpc) is 3.18. The van der Waals surface area contributed by atoms with Gasteiger partial charge in [0.2, 0.25) is 0 Å². The van der Waals surface area contributed by atoms with Gasteiger partial charge in [-0.2, -0.15) is 0 Å². The summed E-state index contributed by atoms with van der Waals surface area (Å²) in [5.41, 5.74) is 2.18. The van der Waals surface area contributed by atoms with E-state index in [2.05, 4.69) is 4.98 Å². The molecular formula is C23H20FN5O2S. The van der Waals surface area contributed by atoms with Gasteiger partial charge in [0, 0.05) is 20.1 Å². The van der Waals surface area contributed by atoms with Gasteiger partial charge in [0.25, 0.3) is 5.91 Å². The number of rotatable bonds is 4. The van der Waals surface area contributed by atoms with E-state index in [1.165, 1.54) is 23.5 Å². The van der Waals surface area contributed by atoms with E-state index in [4.69, 9.17) is 14.7 Å². The van der Waals surface area contributed by atoms with Crippen LogP contribution in [0.25, 0.3) is 11.0 Å². The lowest BCUT2D eigenvalue weighted by Crippen LogP contribution is -2.43. The SMILES string of the molecule is Cc1nc(COc2ccc(F)cc2)sc1C(=O)N1CCN(C)c2nc3ccccc3nc21. The molecule has 2 aromatic carbocycles. The second-order valence-electron chi connectivity index (χ2n) is 7.50. The highest BCUT2D eigenvalue weighted by Gasteiger charge is 2.31. The summed E-state index contributed by atoms with van der Waals surface area (Å²) in [6, 6.07) is 13.4. The zero-order chi connectivity index (χ0) is 22.2. The van der Waals surface area contributed by atoms with Crippen LogP contribution < -0.4 is 14.5 Å². The van der Waals surface area contributed by atoms with Gasteiger partial charge in [-0.3, -0.25) is 9.69 Å². The van der Waals surface area contributed by atoms with Crippen LogP contribution >= 0.6 is 11.3 Å². The Balaban J connectivity index is 1.42. The summed E-state index contributed by atoms with van der Waals surface area (Å²) in [5, 5.41) is 0.675. The summed E-state index contributed by atoms with van der Waals surface area (Å²) >= 11 is 1.30. The average molecular weight is 450 g/mol. The third kappa shape index (κ3) is 3.75. The molecule has 0 atom stereocenters. The van der Waals surface area contributed by atoms with Crippen LogP contribution in [-0.2, 0) is 6.61 Å². The minimum atomic E-state index is -0.321. The van der Waals surface area contributed by atoms with Crippen molar-refractivity contribution in [1.29, 1.82) is 0 Å². The van der Waals surface area contributed by atoms with E-state index in [0.717, 1.165) is 11.0 Å². The first-order chi connectivity index (χ1) is 15.5. The fourth-order valence-corrected chi connectivity index (χ4v) is 4.52. The first kappa shape index (κ1) is 20.3. The maximum Gasteiger partial charge on any atom is 0.271 e. The van der Waals surface area contributed by atoms with E-state index in [1.807, 2.05) is 43.1 Å². The maximum absolute atomic E-state index is 13.5. The fraction of sp³-hybridized carbons (Fsp3) is 0.217. The fourth-order valence-electron chi connectivity index (χ4n) is 3.59. The number of para-hydroxylation sites is 2. The monoisotopic (exact) mass is 449 g/mol. The summed E-state index contributed by atoms with van der Waals surface area (Å²) in [6.45, 7) is 3.18. The smallest absolute Gasteiger partial charge is 0.271 e. The predicted octanol–water partition coefficient (Wildman–Crippen LogP) is 4.21. The second kappa shape index (κ2) is 8.16. The van der Waals surface area contributed by atoms with Crippen molar-refractivity contribution in [3.05, 3.63) is 69.9 Å². The Labute approximate surface area is 188 Å². The molecule has 162 valence electrons. The highest BCUT2D eigenvalue weighted by molar-refractivity contribution is 7.13. The minimum Gasteiger partial charge on any atom is -0.486 e. The van der Waals surface area contributed by atoms with E-state index in [9.17, 15) is 9.18 Å². The maximum atomic E-state index is 13.5. The second-order valence-corrected chi connectivity index (χ2v) is 8.59. The van der Waals surface area contributed by atoms with Gasteiger partial charge in [-0.1, -0.05) is 12.1 Å². The molecule has 0 bridgehead atoms. The number of carbonyl (C=O) groups excluding carboxylic acids is 1. The van der Waals surface area contributed by atoms with Gasteiger partial charge in [0.05, 0.1) is 16.7 Å². The number of aryl methyl sites for hydroxylation is 1. The Kier molecular flexibility index (Phi) is 5.18. The predicted molar refractivity (Wildman–Crippen MR) is 122 cm³/mol. The number of likely N-dealkylation sites (N-methyl/N-ethyl adjacent to an activating group) is 1. The van der Waals surface area contributed by atoms with Gasteiger partial charge in [-0.05, 0) is 43.3 Å². The van der Waals surface area contributed by atoms with Crippen molar-refractivity contribution in [2.24, 2.45) is 0 Å². The number of benzene rings is 2. The van der Waals surface area contributed by atoms with Crippen molar-refractivity contribution in [2.45, 2.75) is 13.5 Å². The van der Waals surface area contributed by atoms with Gasteiger partial charge in [0.15, 0.2) is 11.6 Å². The van der Waals surface area contributed by atoms with E-state index < -0.39 is 0 Å². The van der Waals surface area contributed by atoms with Gasteiger partial charge in [-0.25, -0.2) is 19.3 Å². The Morgan fingerprint density at radius 1 is 1.03 bits per heavy atom. The molecule has 4 aromatic rings. The number of ether oxygens (including phenoxy) is 1. The summed E-state index contributed by atoms with van der Waals surface area (Å²) in [4.78, 5) is 31.7. The summed E-state index contributed by atoms with van der Waals surface area (Å²) in [7, 11) is 1.95. The Bertz CT molecular complexity index is 1310. The molecule has 1 aliphatic rings. The van der Waals surface area contributed by atoms with Gasteiger partial charge >= 0.3 is 0 Å². The van der Waals surface area contributed by atoms with Crippen molar-refractivity contribution in [2.75, 3.05) is 29.9 Å². The van der Waals surface area contributed by atoms with Crippen LogP contribution in [0.2, 0.25) is 0 Å². The molecule has 0 saturated carbocycles. The summed E-state index contributed by atoms with van der Waals surface area (Å²) < 4.78 is 18.8. The number of thiazole rings is 1. The van der Waals surface area contributed by atoms with Gasteiger partial charge in [-0.15, -0.1) is 11.3 Å². The van der Waals surface area contributed by atoms with Crippen molar-refractivity contribution >= 4 is 39.9 Å². The van der Waals surface area contributed by atoms with E-state index in [-0.39, 0.29) is 18.3 Å². The number of nitrogens with zero attached hydrogens (tertiary/aromatic N) is 5. The van der Waals surface area contributed by atoms with Crippen LogP contribution in [0, 0.1) is 12.7 Å². The molecule has 0 saturated heterocycles. The number of amides is 1. The highest BCUT2D eigenvalue weighted by Crippen LogP contribution is 2.33. The Morgan fingerprint density at radius 3 is 2.44 bits per heavy atom. The molecule has 0 spiro atoms. The number of hydrogen-bond donors (Lipinski definition) is 0.